The molecule has 0 saturated carbocycles. The molecule has 0 fully saturated rings. The van der Waals surface area contributed by atoms with Crippen LogP contribution in [-0.2, 0) is 4.79 Å². The van der Waals surface area contributed by atoms with Gasteiger partial charge in [-0.25, -0.2) is 0 Å². The lowest BCUT2D eigenvalue weighted by atomic mass is 9.93. The number of ether oxygens (including phenoxy) is 1. The van der Waals surface area contributed by atoms with Crippen LogP contribution in [0.3, 0.4) is 0 Å². The Balaban J connectivity index is 2.94. The number of hydrogen-bond donors (Lipinski definition) is 2. The number of rotatable bonds is 5. The zero-order valence-electron chi connectivity index (χ0n) is 11.6. The van der Waals surface area contributed by atoms with Gasteiger partial charge in [-0.1, -0.05) is 6.07 Å². The van der Waals surface area contributed by atoms with Crippen molar-refractivity contribution >= 4 is 11.7 Å². The lowest BCUT2D eigenvalue weighted by molar-refractivity contribution is -0.146. The minimum Gasteiger partial charge on any atom is -0.494 e. The summed E-state index contributed by atoms with van der Waals surface area (Å²) in [6.07, 6.45) is 0. The summed E-state index contributed by atoms with van der Waals surface area (Å²) in [6.45, 7) is 7.70. The van der Waals surface area contributed by atoms with Crippen LogP contribution in [0.25, 0.3) is 0 Å². The average Bonchev–Trinajstić information content (AvgIpc) is 2.25. The van der Waals surface area contributed by atoms with Gasteiger partial charge in [-0.05, 0) is 44.9 Å². The van der Waals surface area contributed by atoms with Crippen LogP contribution in [-0.4, -0.2) is 24.7 Å². The lowest BCUT2D eigenvalue weighted by Crippen LogP contribution is -2.31. The average molecular weight is 251 g/mol. The molecule has 1 aromatic carbocycles. The Kier molecular flexibility index (Phi) is 4.22. The summed E-state index contributed by atoms with van der Waals surface area (Å²) < 4.78 is 5.35. The maximum absolute atomic E-state index is 11.1. The molecule has 0 aromatic heterocycles. The Morgan fingerprint density at radius 1 is 1.39 bits per heavy atom. The van der Waals surface area contributed by atoms with Crippen LogP contribution in [0.4, 0.5) is 5.69 Å². The Labute approximate surface area is 108 Å². The third-order valence-corrected chi connectivity index (χ3v) is 2.92. The normalized spacial score (nSPS) is 11.2. The molecule has 100 valence electrons. The second-order valence-corrected chi connectivity index (χ2v) is 5.21. The smallest absolute Gasteiger partial charge is 0.310 e. The van der Waals surface area contributed by atoms with Gasteiger partial charge in [0.25, 0.3) is 0 Å². The highest BCUT2D eigenvalue weighted by molar-refractivity contribution is 5.75. The van der Waals surface area contributed by atoms with Gasteiger partial charge >= 0.3 is 5.97 Å². The SMILES string of the molecule is COc1c(C)cc(C)cc1NCC(C)(C)C(=O)O. The molecule has 0 aliphatic rings. The molecule has 0 saturated heterocycles. The number of aryl methyl sites for hydroxylation is 2. The zero-order valence-corrected chi connectivity index (χ0v) is 11.6. The van der Waals surface area contributed by atoms with Crippen LogP contribution in [0, 0.1) is 19.3 Å². The number of methoxy groups -OCH3 is 1. The topological polar surface area (TPSA) is 58.6 Å². The van der Waals surface area contributed by atoms with E-state index in [-0.39, 0.29) is 0 Å². The van der Waals surface area contributed by atoms with Crippen molar-refractivity contribution in [1.82, 2.24) is 0 Å². The van der Waals surface area contributed by atoms with Gasteiger partial charge < -0.3 is 15.2 Å². The zero-order chi connectivity index (χ0) is 13.9. The number of nitrogens with one attached hydrogen (secondary N) is 1. The number of hydrogen-bond acceptors (Lipinski definition) is 3. The van der Waals surface area contributed by atoms with E-state index in [0.29, 0.717) is 6.54 Å². The van der Waals surface area contributed by atoms with Gasteiger partial charge in [0.1, 0.15) is 5.75 Å². The first-order valence-electron chi connectivity index (χ1n) is 5.90. The predicted molar refractivity (Wildman–Crippen MR) is 72.4 cm³/mol. The lowest BCUT2D eigenvalue weighted by Gasteiger charge is -2.22. The number of carboxylic acids is 1. The molecular weight excluding hydrogens is 230 g/mol. The van der Waals surface area contributed by atoms with Crippen molar-refractivity contribution in [3.8, 4) is 5.75 Å². The largest absolute Gasteiger partial charge is 0.494 e. The Bertz CT molecular complexity index is 453. The minimum atomic E-state index is -0.821. The Morgan fingerprint density at radius 2 is 2.00 bits per heavy atom. The fourth-order valence-corrected chi connectivity index (χ4v) is 1.75. The second-order valence-electron chi connectivity index (χ2n) is 5.21. The fraction of sp³-hybridized carbons (Fsp3) is 0.500. The number of benzene rings is 1. The summed E-state index contributed by atoms with van der Waals surface area (Å²) in [7, 11) is 1.62. The maximum atomic E-state index is 11.1. The third kappa shape index (κ3) is 3.15. The molecule has 0 aliphatic carbocycles. The first-order valence-corrected chi connectivity index (χ1v) is 5.90. The highest BCUT2D eigenvalue weighted by Crippen LogP contribution is 2.30. The highest BCUT2D eigenvalue weighted by Gasteiger charge is 2.27. The third-order valence-electron chi connectivity index (χ3n) is 2.92. The van der Waals surface area contributed by atoms with Crippen molar-refractivity contribution in [2.75, 3.05) is 19.0 Å². The van der Waals surface area contributed by atoms with Crippen molar-refractivity contribution in [2.45, 2.75) is 27.7 Å². The van der Waals surface area contributed by atoms with E-state index >= 15 is 0 Å². The first-order chi connectivity index (χ1) is 8.27. The van der Waals surface area contributed by atoms with Crippen molar-refractivity contribution in [1.29, 1.82) is 0 Å². The highest BCUT2D eigenvalue weighted by atomic mass is 16.5. The first kappa shape index (κ1) is 14.4. The standard InChI is InChI=1S/C14H21NO3/c1-9-6-10(2)12(18-5)11(7-9)15-8-14(3,4)13(16)17/h6-7,15H,8H2,1-5H3,(H,16,17). The van der Waals surface area contributed by atoms with Gasteiger partial charge in [0.05, 0.1) is 18.2 Å². The number of carboxylic acid groups (broad SMARTS) is 1. The molecule has 4 nitrogen and oxygen atoms in total. The molecule has 0 atom stereocenters. The molecule has 18 heavy (non-hydrogen) atoms. The quantitative estimate of drug-likeness (QED) is 0.844. The Hall–Kier alpha value is -1.71. The molecule has 2 N–H and O–H groups in total. The molecule has 1 rings (SSSR count). The molecule has 0 amide bonds. The van der Waals surface area contributed by atoms with Crippen molar-refractivity contribution in [2.24, 2.45) is 5.41 Å². The number of carbonyl (C=O) groups is 1. The molecular formula is C14H21NO3. The predicted octanol–water partition coefficient (Wildman–Crippen LogP) is 2.83. The molecule has 0 aliphatic heterocycles. The van der Waals surface area contributed by atoms with E-state index in [0.717, 1.165) is 22.6 Å². The summed E-state index contributed by atoms with van der Waals surface area (Å²) in [6, 6.07) is 4.00. The van der Waals surface area contributed by atoms with Gasteiger partial charge in [-0.3, -0.25) is 4.79 Å². The second kappa shape index (κ2) is 5.29. The number of anilines is 1. The van der Waals surface area contributed by atoms with Crippen molar-refractivity contribution in [3.63, 3.8) is 0 Å². The van der Waals surface area contributed by atoms with E-state index in [1.807, 2.05) is 26.0 Å². The molecule has 0 bridgehead atoms. The molecule has 0 unspecified atom stereocenters. The summed E-state index contributed by atoms with van der Waals surface area (Å²) in [5.74, 6) is -0.0554. The summed E-state index contributed by atoms with van der Waals surface area (Å²) in [5.41, 5.74) is 2.17. The summed E-state index contributed by atoms with van der Waals surface area (Å²) >= 11 is 0. The van der Waals surface area contributed by atoms with E-state index in [9.17, 15) is 4.79 Å². The van der Waals surface area contributed by atoms with Gasteiger partial charge in [0.15, 0.2) is 0 Å². The summed E-state index contributed by atoms with van der Waals surface area (Å²) in [5, 5.41) is 12.2. The van der Waals surface area contributed by atoms with Crippen LogP contribution in [0.5, 0.6) is 5.75 Å². The van der Waals surface area contributed by atoms with Crippen LogP contribution < -0.4 is 10.1 Å². The molecule has 4 heteroatoms. The maximum Gasteiger partial charge on any atom is 0.310 e. The molecule has 0 spiro atoms. The minimum absolute atomic E-state index is 0.349. The van der Waals surface area contributed by atoms with Gasteiger partial charge in [0.2, 0.25) is 0 Å². The Morgan fingerprint density at radius 3 is 2.50 bits per heavy atom. The number of aliphatic carboxylic acids is 1. The van der Waals surface area contributed by atoms with Crippen LogP contribution >= 0.6 is 0 Å². The van der Waals surface area contributed by atoms with Gasteiger partial charge in [-0.2, -0.15) is 0 Å². The van der Waals surface area contributed by atoms with Crippen molar-refractivity contribution in [3.05, 3.63) is 23.3 Å². The van der Waals surface area contributed by atoms with E-state index in [4.69, 9.17) is 9.84 Å². The van der Waals surface area contributed by atoms with Gasteiger partial charge in [-0.15, -0.1) is 0 Å². The fourth-order valence-electron chi connectivity index (χ4n) is 1.75. The molecule has 1 aromatic rings. The monoisotopic (exact) mass is 251 g/mol. The van der Waals surface area contributed by atoms with Gasteiger partial charge in [0, 0.05) is 6.54 Å². The van der Waals surface area contributed by atoms with Crippen LogP contribution in [0.1, 0.15) is 25.0 Å². The molecule has 0 radical (unpaired) electrons. The van der Waals surface area contributed by atoms with Crippen LogP contribution in [0.2, 0.25) is 0 Å². The molecule has 0 heterocycles. The van der Waals surface area contributed by atoms with E-state index < -0.39 is 11.4 Å². The van der Waals surface area contributed by atoms with E-state index in [2.05, 4.69) is 5.32 Å². The summed E-state index contributed by atoms with van der Waals surface area (Å²) in [4.78, 5) is 11.1. The van der Waals surface area contributed by atoms with E-state index in [1.165, 1.54) is 0 Å². The van der Waals surface area contributed by atoms with E-state index in [1.54, 1.807) is 21.0 Å². The van der Waals surface area contributed by atoms with Crippen LogP contribution in [0.15, 0.2) is 12.1 Å². The van der Waals surface area contributed by atoms with Crippen molar-refractivity contribution < 1.29 is 14.6 Å².